The van der Waals surface area contributed by atoms with E-state index in [-0.39, 0.29) is 16.7 Å². The Hall–Kier alpha value is -4.09. The van der Waals surface area contributed by atoms with Gasteiger partial charge in [-0.15, -0.1) is 0 Å². The van der Waals surface area contributed by atoms with E-state index in [1.165, 1.54) is 0 Å². The van der Waals surface area contributed by atoms with Gasteiger partial charge in [0, 0.05) is 30.2 Å². The normalized spacial score (nSPS) is 22.0. The molecular weight excluding hydrogens is 544 g/mol. The average Bonchev–Trinajstić information content (AvgIpc) is 3.55. The second-order valence-corrected chi connectivity index (χ2v) is 13.0. The van der Waals surface area contributed by atoms with Crippen molar-refractivity contribution >= 4 is 43.8 Å². The van der Waals surface area contributed by atoms with E-state index in [0.717, 1.165) is 39.9 Å². The van der Waals surface area contributed by atoms with E-state index in [0.29, 0.717) is 43.3 Å². The fourth-order valence-electron chi connectivity index (χ4n) is 6.32. The molecule has 0 bridgehead atoms. The Bertz CT molecular complexity index is 1800. The lowest BCUT2D eigenvalue weighted by atomic mass is 9.91. The number of aromatic nitrogens is 2. The first-order chi connectivity index (χ1) is 19.8. The average molecular weight is 575 g/mol. The van der Waals surface area contributed by atoms with Gasteiger partial charge in [0.1, 0.15) is 11.5 Å². The molecule has 1 saturated carbocycles. The van der Waals surface area contributed by atoms with Crippen LogP contribution in [0, 0.1) is 0 Å². The van der Waals surface area contributed by atoms with Crippen LogP contribution >= 0.6 is 0 Å². The molecule has 11 heteroatoms. The molecule has 1 saturated heterocycles. The summed E-state index contributed by atoms with van der Waals surface area (Å²) >= 11 is 0. The second-order valence-electron chi connectivity index (χ2n) is 10.8. The summed E-state index contributed by atoms with van der Waals surface area (Å²) in [7, 11) is -0.360. The van der Waals surface area contributed by atoms with Gasteiger partial charge in [-0.2, -0.15) is 5.10 Å². The maximum atomic E-state index is 13.3. The third-order valence-corrected chi connectivity index (χ3v) is 10.9. The number of nitrogens with zero attached hydrogens (tertiary/aromatic N) is 1. The molecule has 0 unspecified atom stereocenters. The number of hydrogen-bond acceptors (Lipinski definition) is 8. The molecule has 1 spiro atoms. The molecule has 1 aromatic heterocycles. The standard InChI is InChI=1S/C30H30N4O6S/c1-38-18-4-7-24-22(14-18)30(29(35)32-24)16-23(30)17-3-6-21-25(13-17)33-34-28(21)31-26-15-20(5-8-27(26)39-2)41(36,37)19-9-11-40-12-10-19/h3-8,13-15,19,23H,9-12,16H2,1-2H3,(H,32,35)(H2,31,33,34)/t23-,30-/m0/s1. The van der Waals surface area contributed by atoms with E-state index in [1.807, 2.05) is 36.4 Å². The van der Waals surface area contributed by atoms with Crippen molar-refractivity contribution in [3.8, 4) is 11.5 Å². The number of amides is 1. The van der Waals surface area contributed by atoms with E-state index in [9.17, 15) is 13.2 Å². The van der Waals surface area contributed by atoms with Crippen LogP contribution in [0.3, 0.4) is 0 Å². The molecule has 3 heterocycles. The van der Waals surface area contributed by atoms with E-state index < -0.39 is 20.5 Å². The summed E-state index contributed by atoms with van der Waals surface area (Å²) in [5, 5.41) is 14.2. The Balaban J connectivity index is 1.18. The van der Waals surface area contributed by atoms with Gasteiger partial charge in [-0.3, -0.25) is 9.89 Å². The number of H-pyrrole nitrogens is 1. The van der Waals surface area contributed by atoms with E-state index in [4.69, 9.17) is 14.2 Å². The van der Waals surface area contributed by atoms with Crippen LogP contribution in [-0.4, -0.2) is 57.2 Å². The van der Waals surface area contributed by atoms with Crippen molar-refractivity contribution in [3.63, 3.8) is 0 Å². The molecular formula is C30H30N4O6S. The Morgan fingerprint density at radius 3 is 2.63 bits per heavy atom. The summed E-state index contributed by atoms with van der Waals surface area (Å²) < 4.78 is 42.9. The lowest BCUT2D eigenvalue weighted by Gasteiger charge is -2.22. The summed E-state index contributed by atoms with van der Waals surface area (Å²) in [5.74, 6) is 1.83. The lowest BCUT2D eigenvalue weighted by molar-refractivity contribution is -0.118. The van der Waals surface area contributed by atoms with Gasteiger partial charge in [-0.25, -0.2) is 8.42 Å². The van der Waals surface area contributed by atoms with Gasteiger partial charge < -0.3 is 24.8 Å². The highest BCUT2D eigenvalue weighted by molar-refractivity contribution is 7.92. The van der Waals surface area contributed by atoms with E-state index >= 15 is 0 Å². The van der Waals surface area contributed by atoms with Gasteiger partial charge in [0.15, 0.2) is 15.7 Å². The van der Waals surface area contributed by atoms with E-state index in [1.54, 1.807) is 32.4 Å². The Kier molecular flexibility index (Phi) is 5.98. The van der Waals surface area contributed by atoms with Gasteiger partial charge in [-0.1, -0.05) is 6.07 Å². The molecule has 0 radical (unpaired) electrons. The van der Waals surface area contributed by atoms with Crippen LogP contribution in [-0.2, 0) is 24.8 Å². The van der Waals surface area contributed by atoms with Crippen LogP contribution in [0.2, 0.25) is 0 Å². The van der Waals surface area contributed by atoms with Crippen molar-refractivity contribution in [3.05, 3.63) is 65.7 Å². The van der Waals surface area contributed by atoms with Gasteiger partial charge in [0.2, 0.25) is 5.91 Å². The number of nitrogens with one attached hydrogen (secondary N) is 3. The molecule has 2 aliphatic heterocycles. The molecule has 1 amide bonds. The number of aromatic amines is 1. The highest BCUT2D eigenvalue weighted by Gasteiger charge is 2.65. The van der Waals surface area contributed by atoms with Crippen LogP contribution in [0.4, 0.5) is 17.2 Å². The van der Waals surface area contributed by atoms with E-state index in [2.05, 4.69) is 20.8 Å². The number of ether oxygens (including phenoxy) is 3. The van der Waals surface area contributed by atoms with Crippen LogP contribution in [0.5, 0.6) is 11.5 Å². The molecule has 10 nitrogen and oxygen atoms in total. The SMILES string of the molecule is COc1ccc2c(c1)[C@]1(C[C@H]1c1ccc3c(Nc4cc(S(=O)(=O)C5CCOCC5)ccc4OC)n[nH]c3c1)C(=O)N2. The van der Waals surface area contributed by atoms with Gasteiger partial charge >= 0.3 is 0 Å². The zero-order valence-corrected chi connectivity index (χ0v) is 23.5. The fraction of sp³-hybridized carbons (Fsp3) is 0.333. The molecule has 1 aliphatic carbocycles. The molecule has 41 heavy (non-hydrogen) atoms. The third-order valence-electron chi connectivity index (χ3n) is 8.67. The Morgan fingerprint density at radius 1 is 1.02 bits per heavy atom. The quantitative estimate of drug-likeness (QED) is 0.291. The van der Waals surface area contributed by atoms with Crippen LogP contribution in [0.1, 0.15) is 36.3 Å². The van der Waals surface area contributed by atoms with Crippen molar-refractivity contribution in [2.75, 3.05) is 38.1 Å². The number of fused-ring (bicyclic) bond motifs is 3. The Labute approximate surface area is 237 Å². The Morgan fingerprint density at radius 2 is 1.85 bits per heavy atom. The number of benzene rings is 3. The monoisotopic (exact) mass is 574 g/mol. The topological polar surface area (TPSA) is 132 Å². The number of rotatable bonds is 7. The number of methoxy groups -OCH3 is 2. The van der Waals surface area contributed by atoms with Gasteiger partial charge in [-0.05, 0) is 78.9 Å². The second kappa shape index (κ2) is 9.49. The number of sulfone groups is 1. The smallest absolute Gasteiger partial charge is 0.235 e. The van der Waals surface area contributed by atoms with Crippen LogP contribution in [0.15, 0.2) is 59.5 Å². The largest absolute Gasteiger partial charge is 0.497 e. The van der Waals surface area contributed by atoms with Crippen LogP contribution < -0.4 is 20.1 Å². The fourth-order valence-corrected chi connectivity index (χ4v) is 8.05. The molecule has 3 N–H and O–H groups in total. The molecule has 4 aromatic rings. The summed E-state index contributed by atoms with van der Waals surface area (Å²) in [6.45, 7) is 0.888. The molecule has 3 aliphatic rings. The summed E-state index contributed by atoms with van der Waals surface area (Å²) in [5.41, 5.74) is 3.57. The predicted molar refractivity (Wildman–Crippen MR) is 154 cm³/mol. The first kappa shape index (κ1) is 25.8. The zero-order chi connectivity index (χ0) is 28.4. The van der Waals surface area contributed by atoms with Gasteiger partial charge in [0.25, 0.3) is 0 Å². The maximum Gasteiger partial charge on any atom is 0.235 e. The van der Waals surface area contributed by atoms with Crippen molar-refractivity contribution in [1.82, 2.24) is 10.2 Å². The number of carbonyl (C=O) groups excluding carboxylic acids is 1. The first-order valence-corrected chi connectivity index (χ1v) is 15.1. The number of carbonyl (C=O) groups is 1. The summed E-state index contributed by atoms with van der Waals surface area (Å²) in [6.07, 6.45) is 1.67. The number of anilines is 3. The molecule has 212 valence electrons. The minimum atomic E-state index is -3.52. The van der Waals surface area contributed by atoms with Crippen LogP contribution in [0.25, 0.3) is 10.9 Å². The summed E-state index contributed by atoms with van der Waals surface area (Å²) in [4.78, 5) is 13.3. The predicted octanol–water partition coefficient (Wildman–Crippen LogP) is 4.65. The molecule has 2 atom stereocenters. The maximum absolute atomic E-state index is 13.3. The van der Waals surface area contributed by atoms with Gasteiger partial charge in [0.05, 0.1) is 41.0 Å². The number of hydrogen-bond donors (Lipinski definition) is 3. The molecule has 3 aromatic carbocycles. The zero-order valence-electron chi connectivity index (χ0n) is 22.7. The highest BCUT2D eigenvalue weighted by Crippen LogP contribution is 2.65. The lowest BCUT2D eigenvalue weighted by Crippen LogP contribution is -2.29. The third kappa shape index (κ3) is 4.06. The van der Waals surface area contributed by atoms with Crippen molar-refractivity contribution in [2.45, 2.75) is 40.7 Å². The van der Waals surface area contributed by atoms with Crippen molar-refractivity contribution < 1.29 is 27.4 Å². The highest BCUT2D eigenvalue weighted by atomic mass is 32.2. The summed E-state index contributed by atoms with van der Waals surface area (Å²) in [6, 6.07) is 16.6. The minimum absolute atomic E-state index is 0.0144. The minimum Gasteiger partial charge on any atom is -0.497 e. The first-order valence-electron chi connectivity index (χ1n) is 13.6. The van der Waals surface area contributed by atoms with Crippen molar-refractivity contribution in [1.29, 1.82) is 0 Å². The molecule has 7 rings (SSSR count). The molecule has 2 fully saturated rings. The van der Waals surface area contributed by atoms with Crippen molar-refractivity contribution in [2.24, 2.45) is 0 Å².